The van der Waals surface area contributed by atoms with Gasteiger partial charge in [-0.15, -0.1) is 0 Å². The first-order chi connectivity index (χ1) is 17.6. The Morgan fingerprint density at radius 3 is 2.35 bits per heavy atom. The Bertz CT molecular complexity index is 1230. The van der Waals surface area contributed by atoms with E-state index in [2.05, 4.69) is 9.88 Å². The number of aromatic nitrogens is 1. The van der Waals surface area contributed by atoms with E-state index in [-0.39, 0.29) is 29.1 Å². The number of hydrogen-bond donors (Lipinski definition) is 2. The van der Waals surface area contributed by atoms with E-state index in [1.54, 1.807) is 32.0 Å². The van der Waals surface area contributed by atoms with Crippen LogP contribution in [0.25, 0.3) is 5.76 Å². The number of aryl methyl sites for hydroxylation is 1. The number of ether oxygens (including phenoxy) is 3. The molecule has 2 aromatic rings. The van der Waals surface area contributed by atoms with E-state index in [1.807, 2.05) is 13.8 Å². The summed E-state index contributed by atoms with van der Waals surface area (Å²) in [7, 11) is 4.27. The molecule has 1 atom stereocenters. The van der Waals surface area contributed by atoms with Gasteiger partial charge in [-0.05, 0) is 50.7 Å². The number of benzene rings is 1. The van der Waals surface area contributed by atoms with E-state index < -0.39 is 23.7 Å². The number of Topliss-reactive ketones (excluding diaryl/α,β-unsaturated/α-hetero) is 1. The third-order valence-corrected chi connectivity index (χ3v) is 6.89. The van der Waals surface area contributed by atoms with Gasteiger partial charge in [0.1, 0.15) is 23.0 Å². The highest BCUT2D eigenvalue weighted by Crippen LogP contribution is 2.44. The number of likely N-dealkylation sites (N-methyl/N-ethyl adjacent to an activating group) is 1. The largest absolute Gasteiger partial charge is 0.507 e. The van der Waals surface area contributed by atoms with Gasteiger partial charge in [-0.1, -0.05) is 13.8 Å². The molecule has 10 nitrogen and oxygen atoms in total. The molecule has 3 rings (SSSR count). The highest BCUT2D eigenvalue weighted by Gasteiger charge is 2.47. The van der Waals surface area contributed by atoms with Gasteiger partial charge in [0.15, 0.2) is 0 Å². The second-order valence-electron chi connectivity index (χ2n) is 8.74. The molecule has 0 bridgehead atoms. The minimum atomic E-state index is -0.934. The number of likely N-dealkylation sites (tertiary alicyclic amines) is 1. The van der Waals surface area contributed by atoms with Crippen LogP contribution in [-0.2, 0) is 14.3 Å². The number of carbonyl (C=O) groups is 3. The number of amides is 1. The Labute approximate surface area is 216 Å². The van der Waals surface area contributed by atoms with Crippen LogP contribution in [0.2, 0.25) is 0 Å². The highest BCUT2D eigenvalue weighted by atomic mass is 16.5. The van der Waals surface area contributed by atoms with Crippen molar-refractivity contribution in [2.24, 2.45) is 0 Å². The Balaban J connectivity index is 2.28. The monoisotopic (exact) mass is 513 g/mol. The number of rotatable bonds is 10. The molecule has 1 saturated heterocycles. The third kappa shape index (κ3) is 5.06. The first-order valence-electron chi connectivity index (χ1n) is 12.1. The minimum Gasteiger partial charge on any atom is -0.507 e. The Hall–Kier alpha value is -3.79. The number of hydrogen-bond acceptors (Lipinski definition) is 8. The zero-order chi connectivity index (χ0) is 27.4. The predicted molar refractivity (Wildman–Crippen MR) is 138 cm³/mol. The lowest BCUT2D eigenvalue weighted by Crippen LogP contribution is -2.38. The number of ketones is 1. The Morgan fingerprint density at radius 2 is 1.78 bits per heavy atom. The van der Waals surface area contributed by atoms with E-state index in [4.69, 9.17) is 14.2 Å². The molecule has 0 aliphatic carbocycles. The van der Waals surface area contributed by atoms with Crippen LogP contribution in [0.15, 0.2) is 23.8 Å². The molecule has 10 heteroatoms. The first-order valence-corrected chi connectivity index (χ1v) is 12.1. The van der Waals surface area contributed by atoms with Gasteiger partial charge in [0.05, 0.1) is 32.9 Å². The quantitative estimate of drug-likeness (QED) is 0.215. The number of aliphatic hydroxyl groups excluding tert-OH is 1. The van der Waals surface area contributed by atoms with Crippen LogP contribution in [0.5, 0.6) is 11.5 Å². The van der Waals surface area contributed by atoms with Crippen molar-refractivity contribution in [3.63, 3.8) is 0 Å². The van der Waals surface area contributed by atoms with Crippen molar-refractivity contribution in [2.45, 2.75) is 33.7 Å². The van der Waals surface area contributed by atoms with Crippen molar-refractivity contribution < 1.29 is 33.7 Å². The molecule has 2 N–H and O–H groups in total. The minimum absolute atomic E-state index is 0.0854. The smallest absolute Gasteiger partial charge is 0.354 e. The van der Waals surface area contributed by atoms with Gasteiger partial charge in [0, 0.05) is 29.9 Å². The third-order valence-electron chi connectivity index (χ3n) is 6.89. The summed E-state index contributed by atoms with van der Waals surface area (Å²) < 4.78 is 15.8. The molecular weight excluding hydrogens is 478 g/mol. The van der Waals surface area contributed by atoms with Crippen molar-refractivity contribution in [1.29, 1.82) is 0 Å². The molecule has 0 spiro atoms. The molecule has 0 saturated carbocycles. The van der Waals surface area contributed by atoms with E-state index in [1.165, 1.54) is 26.2 Å². The van der Waals surface area contributed by atoms with Gasteiger partial charge in [-0.2, -0.15) is 0 Å². The summed E-state index contributed by atoms with van der Waals surface area (Å²) in [5.74, 6) is -1.57. The van der Waals surface area contributed by atoms with Crippen molar-refractivity contribution in [3.8, 4) is 11.5 Å². The van der Waals surface area contributed by atoms with Crippen LogP contribution in [0.1, 0.15) is 52.8 Å². The maximum absolute atomic E-state index is 13.5. The summed E-state index contributed by atoms with van der Waals surface area (Å²) in [6, 6.07) is 4.17. The summed E-state index contributed by atoms with van der Waals surface area (Å²) >= 11 is 0. The summed E-state index contributed by atoms with van der Waals surface area (Å²) in [5, 5.41) is 11.6. The number of carbonyl (C=O) groups excluding carboxylic acids is 3. The lowest BCUT2D eigenvalue weighted by molar-refractivity contribution is -0.140. The van der Waals surface area contributed by atoms with E-state index in [0.29, 0.717) is 34.9 Å². The fraction of sp³-hybridized carbons (Fsp3) is 0.444. The molecule has 0 unspecified atom stereocenters. The normalized spacial score (nSPS) is 17.0. The van der Waals surface area contributed by atoms with Gasteiger partial charge in [0.25, 0.3) is 11.7 Å². The van der Waals surface area contributed by atoms with E-state index >= 15 is 0 Å². The topological polar surface area (TPSA) is 121 Å². The molecule has 1 amide bonds. The number of esters is 1. The summed E-state index contributed by atoms with van der Waals surface area (Å²) in [6.45, 7) is 9.73. The van der Waals surface area contributed by atoms with Crippen molar-refractivity contribution in [2.75, 3.05) is 47.5 Å². The number of H-pyrrole nitrogens is 1. The second kappa shape index (κ2) is 11.5. The molecule has 1 fully saturated rings. The molecular formula is C27H35N3O7. The predicted octanol–water partition coefficient (Wildman–Crippen LogP) is 3.20. The Kier molecular flexibility index (Phi) is 8.65. The van der Waals surface area contributed by atoms with Gasteiger partial charge < -0.3 is 34.1 Å². The number of nitrogens with one attached hydrogen (secondary N) is 1. The average molecular weight is 514 g/mol. The lowest BCUT2D eigenvalue weighted by atomic mass is 9.93. The number of aromatic amines is 1. The standard InChI is InChI=1S/C27H35N3O7/c1-8-29(9-2)12-13-30-23(18-14-17(35-5)10-11-19(18)36-6)21(25(32)26(30)33)24(31)20-15(3)22(27(34)37-7)28-16(20)4/h10-11,14,23,28,31H,8-9,12-13H2,1-7H3/b24-21+/t23-/m1/s1. The zero-order valence-electron chi connectivity index (χ0n) is 22.4. The van der Waals surface area contributed by atoms with Gasteiger partial charge in [-0.3, -0.25) is 9.59 Å². The zero-order valence-corrected chi connectivity index (χ0v) is 22.4. The molecule has 1 aromatic carbocycles. The molecule has 2 heterocycles. The van der Waals surface area contributed by atoms with Crippen LogP contribution in [0.4, 0.5) is 0 Å². The van der Waals surface area contributed by atoms with Crippen LogP contribution in [0.3, 0.4) is 0 Å². The summed E-state index contributed by atoms with van der Waals surface area (Å²) in [5.41, 5.74) is 1.72. The highest BCUT2D eigenvalue weighted by molar-refractivity contribution is 6.46. The molecule has 200 valence electrons. The van der Waals surface area contributed by atoms with Crippen molar-refractivity contribution in [1.82, 2.24) is 14.8 Å². The molecule has 0 radical (unpaired) electrons. The molecule has 1 aromatic heterocycles. The van der Waals surface area contributed by atoms with Crippen LogP contribution < -0.4 is 9.47 Å². The molecule has 37 heavy (non-hydrogen) atoms. The van der Waals surface area contributed by atoms with Gasteiger partial charge >= 0.3 is 5.97 Å². The van der Waals surface area contributed by atoms with Gasteiger partial charge in [0.2, 0.25) is 0 Å². The van der Waals surface area contributed by atoms with Crippen molar-refractivity contribution >= 4 is 23.4 Å². The molecule has 1 aliphatic rings. The maximum Gasteiger partial charge on any atom is 0.354 e. The van der Waals surface area contributed by atoms with E-state index in [0.717, 1.165) is 13.1 Å². The number of nitrogens with zero attached hydrogens (tertiary/aromatic N) is 2. The van der Waals surface area contributed by atoms with Crippen LogP contribution >= 0.6 is 0 Å². The summed E-state index contributed by atoms with van der Waals surface area (Å²) in [4.78, 5) is 45.6. The number of aliphatic hydroxyl groups is 1. The fourth-order valence-electron chi connectivity index (χ4n) is 4.82. The average Bonchev–Trinajstić information content (AvgIpc) is 3.34. The number of methoxy groups -OCH3 is 3. The van der Waals surface area contributed by atoms with Crippen LogP contribution in [0, 0.1) is 13.8 Å². The van der Waals surface area contributed by atoms with Crippen LogP contribution in [-0.4, -0.2) is 85.1 Å². The summed E-state index contributed by atoms with van der Waals surface area (Å²) in [6.07, 6.45) is 0. The Morgan fingerprint density at radius 1 is 1.11 bits per heavy atom. The maximum atomic E-state index is 13.5. The fourth-order valence-corrected chi connectivity index (χ4v) is 4.82. The SMILES string of the molecule is CCN(CC)CCN1C(=O)C(=O)/C(=C(/O)c2c(C)[nH]c(C(=O)OC)c2C)[C@H]1c1cc(OC)ccc1OC. The van der Waals surface area contributed by atoms with Gasteiger partial charge in [-0.25, -0.2) is 4.79 Å². The molecule has 1 aliphatic heterocycles. The van der Waals surface area contributed by atoms with Crippen molar-refractivity contribution in [3.05, 3.63) is 51.9 Å². The first kappa shape index (κ1) is 27.8. The second-order valence-corrected chi connectivity index (χ2v) is 8.74. The van der Waals surface area contributed by atoms with E-state index in [9.17, 15) is 19.5 Å². The lowest BCUT2D eigenvalue weighted by Gasteiger charge is -2.29.